The molecule has 0 aromatic carbocycles. The van der Waals surface area contributed by atoms with Crippen molar-refractivity contribution in [2.24, 2.45) is 5.92 Å². The Morgan fingerprint density at radius 1 is 1.54 bits per heavy atom. The molecule has 2 saturated heterocycles. The Morgan fingerprint density at radius 3 is 3.15 bits per heavy atom. The maximum atomic E-state index is 11.5. The molecule has 0 unspecified atom stereocenters. The molecule has 2 atom stereocenters. The molecule has 0 aromatic rings. The van der Waals surface area contributed by atoms with E-state index in [1.54, 1.807) is 6.92 Å². The molecular formula is C10H14N2O. The largest absolute Gasteiger partial charge is 0.327 e. The van der Waals surface area contributed by atoms with Gasteiger partial charge in [0, 0.05) is 25.7 Å². The highest BCUT2D eigenvalue weighted by molar-refractivity contribution is 5.93. The molecule has 1 N–H and O–H groups in total. The fourth-order valence-corrected chi connectivity index (χ4v) is 2.28. The van der Waals surface area contributed by atoms with Crippen molar-refractivity contribution in [2.75, 3.05) is 19.6 Å². The maximum absolute atomic E-state index is 11.5. The second-order valence-corrected chi connectivity index (χ2v) is 3.65. The average Bonchev–Trinajstić information content (AvgIpc) is 2.62. The van der Waals surface area contributed by atoms with Crippen LogP contribution in [0.2, 0.25) is 0 Å². The zero-order valence-corrected chi connectivity index (χ0v) is 7.84. The molecule has 0 bridgehead atoms. The Labute approximate surface area is 78.5 Å². The summed E-state index contributed by atoms with van der Waals surface area (Å²) in [6.07, 6.45) is 1.13. The quantitative estimate of drug-likeness (QED) is 0.522. The van der Waals surface area contributed by atoms with Crippen molar-refractivity contribution >= 4 is 5.91 Å². The third-order valence-corrected chi connectivity index (χ3v) is 2.94. The summed E-state index contributed by atoms with van der Waals surface area (Å²) in [6.45, 7) is 4.61. The lowest BCUT2D eigenvalue weighted by atomic mass is 10.1. The first kappa shape index (κ1) is 8.58. The molecule has 3 nitrogen and oxygen atoms in total. The second kappa shape index (κ2) is 3.39. The highest BCUT2D eigenvalue weighted by atomic mass is 16.2. The first-order valence-corrected chi connectivity index (χ1v) is 4.77. The molecule has 0 aliphatic carbocycles. The molecule has 0 spiro atoms. The number of nitrogens with one attached hydrogen (secondary N) is 1. The van der Waals surface area contributed by atoms with Crippen molar-refractivity contribution in [1.82, 2.24) is 10.2 Å². The van der Waals surface area contributed by atoms with Gasteiger partial charge in [0.05, 0.1) is 0 Å². The van der Waals surface area contributed by atoms with Crippen molar-refractivity contribution in [3.8, 4) is 11.8 Å². The molecule has 1 amide bonds. The van der Waals surface area contributed by atoms with Gasteiger partial charge in [-0.1, -0.05) is 5.92 Å². The highest BCUT2D eigenvalue weighted by Crippen LogP contribution is 2.26. The van der Waals surface area contributed by atoms with Gasteiger partial charge in [0.1, 0.15) is 0 Å². The molecule has 2 rings (SSSR count). The molecule has 2 aliphatic rings. The molecule has 3 heteroatoms. The topological polar surface area (TPSA) is 32.3 Å². The van der Waals surface area contributed by atoms with Gasteiger partial charge < -0.3 is 10.2 Å². The summed E-state index contributed by atoms with van der Waals surface area (Å²) in [4.78, 5) is 13.4. The van der Waals surface area contributed by atoms with Gasteiger partial charge in [-0.25, -0.2) is 0 Å². The van der Waals surface area contributed by atoms with Crippen LogP contribution in [-0.2, 0) is 4.79 Å². The number of fused-ring (bicyclic) bond motifs is 1. The van der Waals surface area contributed by atoms with E-state index in [0.717, 1.165) is 26.1 Å². The first-order chi connectivity index (χ1) is 6.33. The maximum Gasteiger partial charge on any atom is 0.298 e. The number of hydrogen-bond acceptors (Lipinski definition) is 2. The number of nitrogens with zero attached hydrogens (tertiary/aromatic N) is 1. The Hall–Kier alpha value is -1.01. The normalized spacial score (nSPS) is 31.0. The molecule has 0 radical (unpaired) electrons. The van der Waals surface area contributed by atoms with Crippen LogP contribution in [-0.4, -0.2) is 36.5 Å². The monoisotopic (exact) mass is 178 g/mol. The number of carbonyl (C=O) groups excluding carboxylic acids is 1. The Kier molecular flexibility index (Phi) is 2.24. The zero-order chi connectivity index (χ0) is 9.26. The smallest absolute Gasteiger partial charge is 0.298 e. The standard InChI is InChI=1S/C10H14N2O/c1-2-3-10(13)12-5-4-8-6-11-7-9(8)12/h8-9,11H,4-7H2,1H3/t8-,9+/m1/s1. The lowest BCUT2D eigenvalue weighted by Gasteiger charge is -2.20. The van der Waals surface area contributed by atoms with Gasteiger partial charge in [-0.15, -0.1) is 0 Å². The Morgan fingerprint density at radius 2 is 2.38 bits per heavy atom. The van der Waals surface area contributed by atoms with Gasteiger partial charge in [-0.05, 0) is 25.2 Å². The molecule has 0 saturated carbocycles. The number of amides is 1. The number of rotatable bonds is 0. The van der Waals surface area contributed by atoms with Crippen LogP contribution in [0.1, 0.15) is 13.3 Å². The summed E-state index contributed by atoms with van der Waals surface area (Å²) in [6, 6.07) is 0.411. The highest BCUT2D eigenvalue weighted by Gasteiger charge is 2.39. The number of hydrogen-bond donors (Lipinski definition) is 1. The van der Waals surface area contributed by atoms with Crippen LogP contribution in [0.4, 0.5) is 0 Å². The van der Waals surface area contributed by atoms with Gasteiger partial charge in [0.15, 0.2) is 0 Å². The fourth-order valence-electron chi connectivity index (χ4n) is 2.28. The zero-order valence-electron chi connectivity index (χ0n) is 7.84. The van der Waals surface area contributed by atoms with Gasteiger partial charge in [-0.2, -0.15) is 0 Å². The predicted molar refractivity (Wildman–Crippen MR) is 49.9 cm³/mol. The number of carbonyl (C=O) groups is 1. The van der Waals surface area contributed by atoms with Crippen LogP contribution in [0, 0.1) is 17.8 Å². The average molecular weight is 178 g/mol. The first-order valence-electron chi connectivity index (χ1n) is 4.77. The molecule has 2 heterocycles. The summed E-state index contributed by atoms with van der Waals surface area (Å²) < 4.78 is 0. The summed E-state index contributed by atoms with van der Waals surface area (Å²) in [5.74, 6) is 5.94. The third-order valence-electron chi connectivity index (χ3n) is 2.94. The van der Waals surface area contributed by atoms with E-state index in [1.807, 2.05) is 4.90 Å². The molecule has 2 fully saturated rings. The van der Waals surface area contributed by atoms with E-state index in [4.69, 9.17) is 0 Å². The Bertz CT molecular complexity index is 276. The van der Waals surface area contributed by atoms with Crippen LogP contribution < -0.4 is 5.32 Å². The SMILES string of the molecule is CC#CC(=O)N1CC[C@@H]2CNC[C@@H]21. The van der Waals surface area contributed by atoms with Crippen molar-refractivity contribution in [3.63, 3.8) is 0 Å². The third kappa shape index (κ3) is 1.42. The van der Waals surface area contributed by atoms with E-state index >= 15 is 0 Å². The minimum absolute atomic E-state index is 0.00120. The lowest BCUT2D eigenvalue weighted by molar-refractivity contribution is -0.125. The summed E-state index contributed by atoms with van der Waals surface area (Å²) in [7, 11) is 0. The van der Waals surface area contributed by atoms with E-state index in [9.17, 15) is 4.79 Å². The summed E-state index contributed by atoms with van der Waals surface area (Å²) in [5.41, 5.74) is 0. The fraction of sp³-hybridized carbons (Fsp3) is 0.700. The van der Waals surface area contributed by atoms with Gasteiger partial charge in [-0.3, -0.25) is 4.79 Å². The number of likely N-dealkylation sites (tertiary alicyclic amines) is 1. The molecule has 2 aliphatic heterocycles. The van der Waals surface area contributed by atoms with E-state index < -0.39 is 0 Å². The van der Waals surface area contributed by atoms with Crippen molar-refractivity contribution in [3.05, 3.63) is 0 Å². The van der Waals surface area contributed by atoms with E-state index in [2.05, 4.69) is 17.2 Å². The molecular weight excluding hydrogens is 164 g/mol. The van der Waals surface area contributed by atoms with E-state index in [1.165, 1.54) is 0 Å². The Balaban J connectivity index is 2.07. The molecule has 0 aromatic heterocycles. The van der Waals surface area contributed by atoms with Crippen molar-refractivity contribution < 1.29 is 4.79 Å². The van der Waals surface area contributed by atoms with Crippen LogP contribution in [0.15, 0.2) is 0 Å². The van der Waals surface area contributed by atoms with Gasteiger partial charge in [0.25, 0.3) is 5.91 Å². The molecule has 13 heavy (non-hydrogen) atoms. The minimum atomic E-state index is -0.00120. The lowest BCUT2D eigenvalue weighted by Crippen LogP contribution is -2.38. The van der Waals surface area contributed by atoms with Crippen molar-refractivity contribution in [1.29, 1.82) is 0 Å². The van der Waals surface area contributed by atoms with Gasteiger partial charge in [0.2, 0.25) is 0 Å². The summed E-state index contributed by atoms with van der Waals surface area (Å²) >= 11 is 0. The molecule has 70 valence electrons. The van der Waals surface area contributed by atoms with Crippen LogP contribution in [0.3, 0.4) is 0 Å². The summed E-state index contributed by atoms with van der Waals surface area (Å²) in [5, 5.41) is 3.31. The predicted octanol–water partition coefficient (Wildman–Crippen LogP) is -0.170. The minimum Gasteiger partial charge on any atom is -0.327 e. The van der Waals surface area contributed by atoms with E-state index in [-0.39, 0.29) is 5.91 Å². The van der Waals surface area contributed by atoms with Crippen LogP contribution in [0.5, 0.6) is 0 Å². The second-order valence-electron chi connectivity index (χ2n) is 3.65. The van der Waals surface area contributed by atoms with E-state index in [0.29, 0.717) is 12.0 Å². The van der Waals surface area contributed by atoms with Crippen LogP contribution in [0.25, 0.3) is 0 Å². The van der Waals surface area contributed by atoms with Crippen LogP contribution >= 0.6 is 0 Å². The van der Waals surface area contributed by atoms with Crippen molar-refractivity contribution in [2.45, 2.75) is 19.4 Å². The van der Waals surface area contributed by atoms with Gasteiger partial charge >= 0.3 is 0 Å².